The molecule has 18 heavy (non-hydrogen) atoms. The Balaban J connectivity index is 2.79. The maximum absolute atomic E-state index is 12.4. The molecule has 1 amide bonds. The summed E-state index contributed by atoms with van der Waals surface area (Å²) in [6.07, 6.45) is 4.07. The second-order valence-electron chi connectivity index (χ2n) is 4.70. The number of nitrogens with two attached hydrogens (primary N) is 1. The molecule has 0 fully saturated rings. The van der Waals surface area contributed by atoms with E-state index in [9.17, 15) is 4.79 Å². The monoisotopic (exact) mass is 248 g/mol. The molecule has 0 bridgehead atoms. The predicted molar refractivity (Wildman–Crippen MR) is 77.6 cm³/mol. The first-order chi connectivity index (χ1) is 8.61. The van der Waals surface area contributed by atoms with Gasteiger partial charge in [0.2, 0.25) is 5.91 Å². The Hall–Kier alpha value is -1.51. The summed E-state index contributed by atoms with van der Waals surface area (Å²) in [7, 11) is 1.81. The number of rotatable bonds is 6. The lowest BCUT2D eigenvalue weighted by Crippen LogP contribution is -2.33. The van der Waals surface area contributed by atoms with E-state index in [1.165, 1.54) is 0 Å². The Labute approximate surface area is 110 Å². The molecule has 1 unspecified atom stereocenters. The van der Waals surface area contributed by atoms with Gasteiger partial charge < -0.3 is 10.6 Å². The summed E-state index contributed by atoms with van der Waals surface area (Å²) in [6.45, 7) is 4.22. The maximum Gasteiger partial charge on any atom is 0.229 e. The lowest BCUT2D eigenvalue weighted by atomic mass is 9.97. The normalized spacial score (nSPS) is 12.2. The molecular formula is C15H24N2O. The molecule has 0 aliphatic heterocycles. The first kappa shape index (κ1) is 14.6. The SMILES string of the molecule is CCCCC(CC)C(=O)N(C)c1ccccc1N. The van der Waals surface area contributed by atoms with E-state index in [0.717, 1.165) is 31.4 Å². The minimum atomic E-state index is 0.106. The van der Waals surface area contributed by atoms with Crippen LogP contribution in [-0.4, -0.2) is 13.0 Å². The molecule has 3 nitrogen and oxygen atoms in total. The fourth-order valence-electron chi connectivity index (χ4n) is 2.14. The molecule has 100 valence electrons. The molecular weight excluding hydrogens is 224 g/mol. The van der Waals surface area contributed by atoms with Crippen molar-refractivity contribution in [1.82, 2.24) is 0 Å². The quantitative estimate of drug-likeness (QED) is 0.784. The lowest BCUT2D eigenvalue weighted by molar-refractivity contribution is -0.122. The van der Waals surface area contributed by atoms with E-state index in [2.05, 4.69) is 13.8 Å². The summed E-state index contributed by atoms with van der Waals surface area (Å²) in [6, 6.07) is 7.50. The van der Waals surface area contributed by atoms with E-state index >= 15 is 0 Å². The number of anilines is 2. The summed E-state index contributed by atoms with van der Waals surface area (Å²) in [4.78, 5) is 14.1. The number of hydrogen-bond donors (Lipinski definition) is 1. The van der Waals surface area contributed by atoms with Crippen molar-refractivity contribution in [3.63, 3.8) is 0 Å². The van der Waals surface area contributed by atoms with Gasteiger partial charge >= 0.3 is 0 Å². The molecule has 0 aliphatic rings. The zero-order valence-corrected chi connectivity index (χ0v) is 11.6. The zero-order chi connectivity index (χ0) is 13.5. The molecule has 3 heteroatoms. The van der Waals surface area contributed by atoms with Gasteiger partial charge in [-0.3, -0.25) is 4.79 Å². The number of hydrogen-bond acceptors (Lipinski definition) is 2. The third kappa shape index (κ3) is 3.49. The number of carbonyl (C=O) groups is 1. The molecule has 1 aromatic rings. The maximum atomic E-state index is 12.4. The van der Waals surface area contributed by atoms with Crippen LogP contribution in [0.25, 0.3) is 0 Å². The molecule has 0 spiro atoms. The van der Waals surface area contributed by atoms with E-state index in [1.54, 1.807) is 4.90 Å². The average molecular weight is 248 g/mol. The van der Waals surface area contributed by atoms with Gasteiger partial charge in [-0.1, -0.05) is 38.8 Å². The van der Waals surface area contributed by atoms with Crippen LogP contribution in [0, 0.1) is 5.92 Å². The smallest absolute Gasteiger partial charge is 0.229 e. The molecule has 1 aromatic carbocycles. The average Bonchev–Trinajstić information content (AvgIpc) is 2.39. The molecule has 0 saturated carbocycles. The number of unbranched alkanes of at least 4 members (excludes halogenated alkanes) is 1. The molecule has 0 aliphatic carbocycles. The molecule has 0 aromatic heterocycles. The third-order valence-corrected chi connectivity index (χ3v) is 3.38. The van der Waals surface area contributed by atoms with E-state index in [-0.39, 0.29) is 11.8 Å². The second kappa shape index (κ2) is 7.04. The van der Waals surface area contributed by atoms with Crippen molar-refractivity contribution in [2.75, 3.05) is 17.7 Å². The van der Waals surface area contributed by atoms with Gasteiger partial charge in [0.05, 0.1) is 11.4 Å². The lowest BCUT2D eigenvalue weighted by Gasteiger charge is -2.24. The van der Waals surface area contributed by atoms with Crippen molar-refractivity contribution >= 4 is 17.3 Å². The van der Waals surface area contributed by atoms with Crippen LogP contribution in [0.3, 0.4) is 0 Å². The number of amides is 1. The van der Waals surface area contributed by atoms with Crippen molar-refractivity contribution in [3.05, 3.63) is 24.3 Å². The predicted octanol–water partition coefficient (Wildman–Crippen LogP) is 3.45. The number of para-hydroxylation sites is 2. The Kier molecular flexibility index (Phi) is 5.69. The van der Waals surface area contributed by atoms with Crippen LogP contribution in [-0.2, 0) is 4.79 Å². The highest BCUT2D eigenvalue weighted by molar-refractivity contribution is 5.97. The van der Waals surface area contributed by atoms with Crippen molar-refractivity contribution in [2.45, 2.75) is 39.5 Å². The Morgan fingerprint density at radius 2 is 2.00 bits per heavy atom. The van der Waals surface area contributed by atoms with Crippen LogP contribution in [0.4, 0.5) is 11.4 Å². The largest absolute Gasteiger partial charge is 0.397 e. The number of nitrogens with zero attached hydrogens (tertiary/aromatic N) is 1. The van der Waals surface area contributed by atoms with Crippen LogP contribution in [0.15, 0.2) is 24.3 Å². The Morgan fingerprint density at radius 3 is 2.56 bits per heavy atom. The summed E-state index contributed by atoms with van der Waals surface area (Å²) in [5.41, 5.74) is 7.36. The van der Waals surface area contributed by atoms with Crippen LogP contribution in [0.2, 0.25) is 0 Å². The molecule has 0 heterocycles. The van der Waals surface area contributed by atoms with Crippen LogP contribution in [0.1, 0.15) is 39.5 Å². The Morgan fingerprint density at radius 1 is 1.33 bits per heavy atom. The van der Waals surface area contributed by atoms with Crippen molar-refractivity contribution in [3.8, 4) is 0 Å². The topological polar surface area (TPSA) is 46.3 Å². The van der Waals surface area contributed by atoms with Gasteiger partial charge in [0.25, 0.3) is 0 Å². The van der Waals surface area contributed by atoms with Gasteiger partial charge in [-0.05, 0) is 25.0 Å². The number of nitrogen functional groups attached to an aromatic ring is 1. The fourth-order valence-corrected chi connectivity index (χ4v) is 2.14. The van der Waals surface area contributed by atoms with Gasteiger partial charge in [-0.2, -0.15) is 0 Å². The van der Waals surface area contributed by atoms with E-state index < -0.39 is 0 Å². The van der Waals surface area contributed by atoms with Crippen molar-refractivity contribution < 1.29 is 4.79 Å². The molecule has 1 rings (SSSR count). The summed E-state index contributed by atoms with van der Waals surface area (Å²) < 4.78 is 0. The summed E-state index contributed by atoms with van der Waals surface area (Å²) in [5.74, 6) is 0.276. The second-order valence-corrected chi connectivity index (χ2v) is 4.70. The van der Waals surface area contributed by atoms with Crippen LogP contribution < -0.4 is 10.6 Å². The van der Waals surface area contributed by atoms with Gasteiger partial charge in [0.15, 0.2) is 0 Å². The van der Waals surface area contributed by atoms with Crippen molar-refractivity contribution in [2.24, 2.45) is 5.92 Å². The van der Waals surface area contributed by atoms with E-state index in [1.807, 2.05) is 31.3 Å². The van der Waals surface area contributed by atoms with Gasteiger partial charge in [-0.15, -0.1) is 0 Å². The Bertz CT molecular complexity index is 390. The fraction of sp³-hybridized carbons (Fsp3) is 0.533. The number of benzene rings is 1. The van der Waals surface area contributed by atoms with E-state index in [0.29, 0.717) is 5.69 Å². The zero-order valence-electron chi connectivity index (χ0n) is 11.6. The molecule has 2 N–H and O–H groups in total. The highest BCUT2D eigenvalue weighted by Gasteiger charge is 2.21. The molecule has 0 saturated heterocycles. The standard InChI is InChI=1S/C15H24N2O/c1-4-6-9-12(5-2)15(18)17(3)14-11-8-7-10-13(14)16/h7-8,10-12H,4-6,9,16H2,1-3H3. The van der Waals surface area contributed by atoms with Crippen LogP contribution in [0.5, 0.6) is 0 Å². The highest BCUT2D eigenvalue weighted by Crippen LogP contribution is 2.24. The first-order valence-corrected chi connectivity index (χ1v) is 6.73. The minimum Gasteiger partial charge on any atom is -0.397 e. The molecule has 1 atom stereocenters. The van der Waals surface area contributed by atoms with Gasteiger partial charge in [0.1, 0.15) is 0 Å². The van der Waals surface area contributed by atoms with Crippen molar-refractivity contribution in [1.29, 1.82) is 0 Å². The van der Waals surface area contributed by atoms with Gasteiger partial charge in [0, 0.05) is 13.0 Å². The summed E-state index contributed by atoms with van der Waals surface area (Å²) >= 11 is 0. The van der Waals surface area contributed by atoms with Crippen LogP contribution >= 0.6 is 0 Å². The minimum absolute atomic E-state index is 0.106. The summed E-state index contributed by atoms with van der Waals surface area (Å²) in [5, 5.41) is 0. The first-order valence-electron chi connectivity index (χ1n) is 6.73. The third-order valence-electron chi connectivity index (χ3n) is 3.38. The van der Waals surface area contributed by atoms with Gasteiger partial charge in [-0.25, -0.2) is 0 Å². The molecule has 0 radical (unpaired) electrons. The number of carbonyl (C=O) groups excluding carboxylic acids is 1. The van der Waals surface area contributed by atoms with E-state index in [4.69, 9.17) is 5.73 Å². The highest BCUT2D eigenvalue weighted by atomic mass is 16.2.